The van der Waals surface area contributed by atoms with Gasteiger partial charge in [-0.25, -0.2) is 9.98 Å². The third-order valence-electron chi connectivity index (χ3n) is 5.52. The van der Waals surface area contributed by atoms with Crippen LogP contribution in [-0.4, -0.2) is 44.1 Å². The van der Waals surface area contributed by atoms with Gasteiger partial charge >= 0.3 is 0 Å². The molecule has 2 aromatic carbocycles. The van der Waals surface area contributed by atoms with Crippen molar-refractivity contribution >= 4 is 28.9 Å². The van der Waals surface area contributed by atoms with Crippen LogP contribution in [0.15, 0.2) is 65.9 Å². The average molecular weight is 498 g/mol. The molecule has 7 nitrogen and oxygen atoms in total. The molecule has 2 aromatic rings. The molecule has 0 saturated heterocycles. The number of benzene rings is 2. The van der Waals surface area contributed by atoms with Gasteiger partial charge in [0.2, 0.25) is 0 Å². The maximum absolute atomic E-state index is 10.6. The van der Waals surface area contributed by atoms with Crippen molar-refractivity contribution in [1.82, 2.24) is 19.6 Å². The Morgan fingerprint density at radius 2 is 1.74 bits per heavy atom. The Morgan fingerprint density at radius 3 is 2.38 bits per heavy atom. The molecule has 2 aliphatic rings. The van der Waals surface area contributed by atoms with Crippen LogP contribution in [0.1, 0.15) is 20.8 Å². The lowest BCUT2D eigenvalue weighted by Crippen LogP contribution is -2.36. The highest BCUT2D eigenvalue weighted by atomic mass is 35.5. The van der Waals surface area contributed by atoms with Crippen molar-refractivity contribution in [3.05, 3.63) is 76.6 Å². The van der Waals surface area contributed by atoms with Crippen LogP contribution >= 0.6 is 23.2 Å². The van der Waals surface area contributed by atoms with Crippen molar-refractivity contribution in [3.8, 4) is 28.3 Å². The first-order chi connectivity index (χ1) is 16.4. The summed E-state index contributed by atoms with van der Waals surface area (Å²) >= 11 is 12.6. The van der Waals surface area contributed by atoms with E-state index in [-0.39, 0.29) is 11.8 Å². The second-order valence-corrected chi connectivity index (χ2v) is 8.48. The first-order valence-corrected chi connectivity index (χ1v) is 11.7. The topological polar surface area (TPSA) is 75.8 Å². The van der Waals surface area contributed by atoms with Crippen LogP contribution in [0.5, 0.6) is 5.75 Å². The van der Waals surface area contributed by atoms with Gasteiger partial charge in [-0.2, -0.15) is 9.71 Å². The molecule has 0 radical (unpaired) electrons. The molecule has 2 aliphatic heterocycles. The molecule has 0 saturated carbocycles. The lowest BCUT2D eigenvalue weighted by molar-refractivity contribution is 0.0481. The predicted molar refractivity (Wildman–Crippen MR) is 134 cm³/mol. The Balaban J connectivity index is 1.61. The minimum absolute atomic E-state index is 0.0212. The number of ether oxygens (including phenoxy) is 1. The summed E-state index contributed by atoms with van der Waals surface area (Å²) in [6.07, 6.45) is 3.09. The second kappa shape index (κ2) is 10.4. The molecular weight excluding hydrogens is 473 g/mol. The summed E-state index contributed by atoms with van der Waals surface area (Å²) in [7, 11) is 0. The van der Waals surface area contributed by atoms with E-state index in [1.807, 2.05) is 37.3 Å². The smallest absolute Gasteiger partial charge is 0.251 e. The van der Waals surface area contributed by atoms with Crippen LogP contribution in [0.3, 0.4) is 0 Å². The van der Waals surface area contributed by atoms with Gasteiger partial charge in [0.05, 0.1) is 11.9 Å². The highest BCUT2D eigenvalue weighted by Gasteiger charge is 2.15. The summed E-state index contributed by atoms with van der Waals surface area (Å²) in [6, 6.07) is 14.5. The molecule has 176 valence electrons. The fraction of sp³-hybridized carbons (Fsp3) is 0.240. The molecular formula is C25H25Cl2N5O2. The van der Waals surface area contributed by atoms with Crippen molar-refractivity contribution in [2.75, 3.05) is 13.1 Å². The van der Waals surface area contributed by atoms with Gasteiger partial charge in [0.1, 0.15) is 12.0 Å². The molecule has 0 aliphatic carbocycles. The van der Waals surface area contributed by atoms with E-state index in [0.717, 1.165) is 23.6 Å². The lowest BCUT2D eigenvalue weighted by Gasteiger charge is -2.26. The maximum atomic E-state index is 10.6. The van der Waals surface area contributed by atoms with E-state index in [9.17, 15) is 5.21 Å². The first kappa shape index (κ1) is 24.0. The molecule has 2 heterocycles. The number of pyridine rings is 1. The molecule has 34 heavy (non-hydrogen) atoms. The fourth-order valence-electron chi connectivity index (χ4n) is 3.74. The number of hydrogen-bond donors (Lipinski definition) is 1. The van der Waals surface area contributed by atoms with Crippen LogP contribution in [0.4, 0.5) is 5.69 Å². The number of fused-ring (bicyclic) bond motifs is 1. The summed E-state index contributed by atoms with van der Waals surface area (Å²) in [4.78, 5) is 15.4. The molecule has 1 N–H and O–H groups in total. The van der Waals surface area contributed by atoms with E-state index < -0.39 is 0 Å². The monoisotopic (exact) mass is 497 g/mol. The van der Waals surface area contributed by atoms with E-state index in [1.54, 1.807) is 24.4 Å². The fourth-order valence-corrected chi connectivity index (χ4v) is 4.36. The van der Waals surface area contributed by atoms with Gasteiger partial charge in [0, 0.05) is 32.9 Å². The zero-order chi connectivity index (χ0) is 24.2. The van der Waals surface area contributed by atoms with Crippen LogP contribution in [-0.2, 0) is 0 Å². The van der Waals surface area contributed by atoms with Gasteiger partial charge in [-0.3, -0.25) is 4.90 Å². The van der Waals surface area contributed by atoms with E-state index in [1.165, 1.54) is 6.20 Å². The average Bonchev–Trinajstić information content (AvgIpc) is 2.81. The molecule has 0 spiro atoms. The zero-order valence-corrected chi connectivity index (χ0v) is 20.6. The zero-order valence-electron chi connectivity index (χ0n) is 19.1. The highest BCUT2D eigenvalue weighted by molar-refractivity contribution is 6.39. The minimum atomic E-state index is -0.0212. The van der Waals surface area contributed by atoms with Crippen LogP contribution in [0, 0.1) is 0 Å². The van der Waals surface area contributed by atoms with Crippen molar-refractivity contribution in [1.29, 1.82) is 0 Å². The van der Waals surface area contributed by atoms with E-state index in [2.05, 4.69) is 33.7 Å². The van der Waals surface area contributed by atoms with Crippen molar-refractivity contribution in [2.24, 2.45) is 4.99 Å². The third kappa shape index (κ3) is 5.17. The van der Waals surface area contributed by atoms with Crippen molar-refractivity contribution in [3.63, 3.8) is 0 Å². The van der Waals surface area contributed by atoms with Crippen LogP contribution in [0.2, 0.25) is 10.0 Å². The highest BCUT2D eigenvalue weighted by Crippen LogP contribution is 2.36. The number of rotatable bonds is 7. The van der Waals surface area contributed by atoms with Gasteiger partial charge < -0.3 is 9.94 Å². The van der Waals surface area contributed by atoms with E-state index in [4.69, 9.17) is 27.9 Å². The van der Waals surface area contributed by atoms with Crippen molar-refractivity contribution < 1.29 is 9.94 Å². The summed E-state index contributed by atoms with van der Waals surface area (Å²) in [5.41, 5.74) is 2.79. The molecule has 0 amide bonds. The van der Waals surface area contributed by atoms with Crippen LogP contribution in [0.25, 0.3) is 22.5 Å². The van der Waals surface area contributed by atoms with Gasteiger partial charge in [-0.05, 0) is 62.5 Å². The largest absolute Gasteiger partial charge is 0.475 e. The lowest BCUT2D eigenvalue weighted by atomic mass is 10.1. The number of aromatic nitrogens is 3. The molecule has 4 rings (SSSR count). The Labute approximate surface area is 208 Å². The maximum Gasteiger partial charge on any atom is 0.251 e. The molecule has 1 unspecified atom stereocenters. The Morgan fingerprint density at radius 1 is 1.06 bits per heavy atom. The minimum Gasteiger partial charge on any atom is -0.475 e. The Hall–Kier alpha value is -3.13. The summed E-state index contributed by atoms with van der Waals surface area (Å²) < 4.78 is 6.93. The predicted octanol–water partition coefficient (Wildman–Crippen LogP) is 5.89. The van der Waals surface area contributed by atoms with E-state index >= 15 is 0 Å². The SMILES string of the molecule is CCN(CC)C(C)Oc1ccc(N=c2ncc3cc(-c4c(Cl)cccc4Cl)cn(O)c-3n2)cc1. The van der Waals surface area contributed by atoms with Gasteiger partial charge in [0.25, 0.3) is 5.62 Å². The first-order valence-electron chi connectivity index (χ1n) is 11.0. The summed E-state index contributed by atoms with van der Waals surface area (Å²) in [5, 5.41) is 11.5. The molecule has 0 fully saturated rings. The quantitative estimate of drug-likeness (QED) is 0.254. The Kier molecular flexibility index (Phi) is 7.36. The summed E-state index contributed by atoms with van der Waals surface area (Å²) in [5.74, 6) is 1.07. The van der Waals surface area contributed by atoms with Gasteiger partial charge in [0.15, 0.2) is 5.82 Å². The summed E-state index contributed by atoms with van der Waals surface area (Å²) in [6.45, 7) is 8.09. The van der Waals surface area contributed by atoms with Crippen LogP contribution < -0.4 is 10.4 Å². The number of halogens is 2. The molecule has 9 heteroatoms. The van der Waals surface area contributed by atoms with Gasteiger partial charge in [-0.15, -0.1) is 0 Å². The normalized spacial score (nSPS) is 12.9. The standard InChI is InChI=1S/C25H25Cl2N5O2/c1-4-31(5-2)16(3)34-20-11-9-19(10-12-20)29-25-28-14-17-13-18(15-32(33)24(17)30-25)23-21(26)7-6-8-22(23)27/h6-16,33H,4-5H2,1-3H3. The molecule has 0 bridgehead atoms. The second-order valence-electron chi connectivity index (χ2n) is 7.66. The third-order valence-corrected chi connectivity index (χ3v) is 6.15. The number of hydrogen-bond acceptors (Lipinski definition) is 6. The van der Waals surface area contributed by atoms with Crippen molar-refractivity contribution in [2.45, 2.75) is 27.0 Å². The number of nitrogens with zero attached hydrogens (tertiary/aromatic N) is 5. The van der Waals surface area contributed by atoms with E-state index in [0.29, 0.717) is 38.2 Å². The molecule has 0 aromatic heterocycles. The molecule has 1 atom stereocenters. The Bertz CT molecular complexity index is 1300. The van der Waals surface area contributed by atoms with Gasteiger partial charge in [-0.1, -0.05) is 43.1 Å².